The van der Waals surface area contributed by atoms with Crippen LogP contribution in [0.25, 0.3) is 0 Å². The van der Waals surface area contributed by atoms with Gasteiger partial charge in [-0.15, -0.1) is 0 Å². The lowest BCUT2D eigenvalue weighted by atomic mass is 10.2. The number of nitro benzene ring substituents is 1. The number of hydrogen-bond acceptors (Lipinski definition) is 6. The smallest absolute Gasteiger partial charge is 0.346 e. The van der Waals surface area contributed by atoms with Crippen molar-refractivity contribution in [3.8, 4) is 5.75 Å². The first-order valence-corrected chi connectivity index (χ1v) is 4.97. The summed E-state index contributed by atoms with van der Waals surface area (Å²) < 4.78 is 9.57. The molecule has 1 aromatic carbocycles. The molecule has 0 N–H and O–H groups in total. The molecule has 0 heterocycles. The van der Waals surface area contributed by atoms with E-state index in [4.69, 9.17) is 4.74 Å². The van der Waals surface area contributed by atoms with Gasteiger partial charge in [0.2, 0.25) is 0 Å². The van der Waals surface area contributed by atoms with E-state index in [0.29, 0.717) is 6.29 Å². The molecular weight excluding hydrogens is 242 g/mol. The number of carbonyl (C=O) groups excluding carboxylic acids is 2. The van der Waals surface area contributed by atoms with Crippen LogP contribution in [0.5, 0.6) is 5.75 Å². The topological polar surface area (TPSA) is 95.7 Å². The minimum absolute atomic E-state index is 0.0940. The van der Waals surface area contributed by atoms with Gasteiger partial charge in [-0.1, -0.05) is 0 Å². The van der Waals surface area contributed by atoms with Gasteiger partial charge in [0.25, 0.3) is 0 Å². The van der Waals surface area contributed by atoms with E-state index in [0.717, 1.165) is 6.07 Å². The van der Waals surface area contributed by atoms with Crippen molar-refractivity contribution in [2.24, 2.45) is 0 Å². The Morgan fingerprint density at radius 1 is 1.50 bits per heavy atom. The maximum atomic E-state index is 11.1. The second kappa shape index (κ2) is 5.76. The molecule has 0 aliphatic rings. The van der Waals surface area contributed by atoms with Crippen LogP contribution in [0.3, 0.4) is 0 Å². The van der Waals surface area contributed by atoms with Crippen molar-refractivity contribution in [2.75, 3.05) is 7.11 Å². The molecule has 0 saturated heterocycles. The van der Waals surface area contributed by atoms with Gasteiger partial charge < -0.3 is 9.47 Å². The monoisotopic (exact) mass is 253 g/mol. The molecule has 0 aromatic heterocycles. The van der Waals surface area contributed by atoms with Crippen LogP contribution in [-0.4, -0.2) is 30.4 Å². The number of hydrogen-bond donors (Lipinski definition) is 0. The molecule has 0 saturated carbocycles. The van der Waals surface area contributed by atoms with Crippen molar-refractivity contribution in [3.05, 3.63) is 33.9 Å². The average molecular weight is 253 g/mol. The lowest BCUT2D eigenvalue weighted by Gasteiger charge is -2.12. The van der Waals surface area contributed by atoms with E-state index in [-0.39, 0.29) is 17.0 Å². The molecule has 0 spiro atoms. The number of benzene rings is 1. The fourth-order valence-electron chi connectivity index (χ4n) is 1.25. The first-order valence-electron chi connectivity index (χ1n) is 4.97. The number of nitrogens with zero attached hydrogens (tertiary/aromatic N) is 1. The van der Waals surface area contributed by atoms with E-state index in [9.17, 15) is 19.7 Å². The lowest BCUT2D eigenvalue weighted by molar-refractivity contribution is -0.386. The van der Waals surface area contributed by atoms with E-state index >= 15 is 0 Å². The van der Waals surface area contributed by atoms with Crippen LogP contribution in [0.4, 0.5) is 5.69 Å². The van der Waals surface area contributed by atoms with Crippen molar-refractivity contribution < 1.29 is 24.0 Å². The van der Waals surface area contributed by atoms with Crippen LogP contribution in [-0.2, 0) is 9.53 Å². The van der Waals surface area contributed by atoms with E-state index < -0.39 is 17.0 Å². The molecule has 96 valence electrons. The molecular formula is C11H11NO6. The number of aldehydes is 1. The zero-order valence-electron chi connectivity index (χ0n) is 9.78. The van der Waals surface area contributed by atoms with Crippen molar-refractivity contribution in [1.29, 1.82) is 0 Å². The van der Waals surface area contributed by atoms with Gasteiger partial charge in [-0.05, 0) is 19.1 Å². The maximum Gasteiger partial charge on any atom is 0.346 e. The highest BCUT2D eigenvalue weighted by Crippen LogP contribution is 2.28. The normalized spacial score (nSPS) is 11.4. The van der Waals surface area contributed by atoms with Gasteiger partial charge in [0.15, 0.2) is 11.9 Å². The Morgan fingerprint density at radius 2 is 2.17 bits per heavy atom. The Labute approximate surface area is 102 Å². The van der Waals surface area contributed by atoms with Gasteiger partial charge in [-0.3, -0.25) is 14.9 Å². The van der Waals surface area contributed by atoms with Crippen LogP contribution >= 0.6 is 0 Å². The molecule has 1 aromatic rings. The summed E-state index contributed by atoms with van der Waals surface area (Å²) in [5.74, 6) is -0.743. The number of ether oxygens (including phenoxy) is 2. The highest BCUT2D eigenvalue weighted by atomic mass is 16.6. The van der Waals surface area contributed by atoms with E-state index in [1.807, 2.05) is 0 Å². The second-order valence-electron chi connectivity index (χ2n) is 3.39. The third-order valence-corrected chi connectivity index (χ3v) is 2.15. The predicted molar refractivity (Wildman–Crippen MR) is 60.6 cm³/mol. The summed E-state index contributed by atoms with van der Waals surface area (Å²) in [5, 5.41) is 10.8. The zero-order chi connectivity index (χ0) is 13.7. The highest BCUT2D eigenvalue weighted by Gasteiger charge is 2.21. The van der Waals surface area contributed by atoms with Gasteiger partial charge >= 0.3 is 11.7 Å². The summed E-state index contributed by atoms with van der Waals surface area (Å²) in [6.45, 7) is 1.41. The maximum absolute atomic E-state index is 11.1. The van der Waals surface area contributed by atoms with Gasteiger partial charge in [0.05, 0.1) is 12.0 Å². The third-order valence-electron chi connectivity index (χ3n) is 2.15. The zero-order valence-corrected chi connectivity index (χ0v) is 9.78. The Hall–Kier alpha value is -2.44. The van der Waals surface area contributed by atoms with Crippen LogP contribution in [0.2, 0.25) is 0 Å². The molecule has 0 aliphatic carbocycles. The van der Waals surface area contributed by atoms with Gasteiger partial charge in [-0.25, -0.2) is 4.79 Å². The number of methoxy groups -OCH3 is 1. The third kappa shape index (κ3) is 3.03. The summed E-state index contributed by atoms with van der Waals surface area (Å²) >= 11 is 0. The van der Waals surface area contributed by atoms with Crippen LogP contribution in [0, 0.1) is 10.1 Å². The summed E-state index contributed by atoms with van der Waals surface area (Å²) in [4.78, 5) is 31.8. The molecule has 0 bridgehead atoms. The van der Waals surface area contributed by atoms with E-state index in [1.165, 1.54) is 26.2 Å². The molecule has 1 atom stereocenters. The molecule has 18 heavy (non-hydrogen) atoms. The minimum atomic E-state index is -0.976. The summed E-state index contributed by atoms with van der Waals surface area (Å²) in [5.41, 5.74) is -0.227. The molecule has 7 nitrogen and oxygen atoms in total. The largest absolute Gasteiger partial charge is 0.472 e. The highest BCUT2D eigenvalue weighted by molar-refractivity contribution is 5.78. The van der Waals surface area contributed by atoms with Gasteiger partial charge in [0.1, 0.15) is 6.29 Å². The summed E-state index contributed by atoms with van der Waals surface area (Å²) in [6, 6.07) is 3.70. The molecule has 0 fully saturated rings. The van der Waals surface area contributed by atoms with Crippen LogP contribution in [0.1, 0.15) is 17.3 Å². The Bertz CT molecular complexity index is 484. The molecule has 0 unspecified atom stereocenters. The Balaban J connectivity index is 3.05. The minimum Gasteiger partial charge on any atom is -0.472 e. The van der Waals surface area contributed by atoms with Crippen LogP contribution < -0.4 is 4.74 Å². The lowest BCUT2D eigenvalue weighted by Crippen LogP contribution is -2.25. The summed E-state index contributed by atoms with van der Waals surface area (Å²) in [6.07, 6.45) is -0.490. The first kappa shape index (κ1) is 13.6. The molecule has 7 heteroatoms. The Kier molecular flexibility index (Phi) is 4.36. The fourth-order valence-corrected chi connectivity index (χ4v) is 1.25. The number of esters is 1. The van der Waals surface area contributed by atoms with Crippen molar-refractivity contribution in [2.45, 2.75) is 13.0 Å². The average Bonchev–Trinajstić information content (AvgIpc) is 2.37. The van der Waals surface area contributed by atoms with Crippen molar-refractivity contribution in [3.63, 3.8) is 0 Å². The SMILES string of the molecule is COC(=O)[C@H](C)Oc1ccc(C=O)cc1[N+](=O)[O-]. The first-order chi connectivity index (χ1) is 8.49. The Morgan fingerprint density at radius 3 is 2.67 bits per heavy atom. The number of rotatable bonds is 5. The second-order valence-corrected chi connectivity index (χ2v) is 3.39. The number of carbonyl (C=O) groups is 2. The van der Waals surface area contributed by atoms with Crippen molar-refractivity contribution in [1.82, 2.24) is 0 Å². The quantitative estimate of drug-likeness (QED) is 0.340. The van der Waals surface area contributed by atoms with Gasteiger partial charge in [-0.2, -0.15) is 0 Å². The summed E-state index contributed by atoms with van der Waals surface area (Å²) in [7, 11) is 1.19. The van der Waals surface area contributed by atoms with E-state index in [1.54, 1.807) is 0 Å². The van der Waals surface area contributed by atoms with Crippen molar-refractivity contribution >= 4 is 17.9 Å². The predicted octanol–water partition coefficient (Wildman–Crippen LogP) is 1.35. The molecule has 0 aliphatic heterocycles. The number of nitro groups is 1. The molecule has 1 rings (SSSR count). The van der Waals surface area contributed by atoms with Gasteiger partial charge in [0, 0.05) is 11.6 Å². The molecule has 0 amide bonds. The van der Waals surface area contributed by atoms with E-state index in [2.05, 4.69) is 4.74 Å². The fraction of sp³-hybridized carbons (Fsp3) is 0.273. The molecule has 0 radical (unpaired) electrons. The van der Waals surface area contributed by atoms with Crippen LogP contribution in [0.15, 0.2) is 18.2 Å². The standard InChI is InChI=1S/C11H11NO6/c1-7(11(14)17-2)18-10-4-3-8(6-13)5-9(10)12(15)16/h3-7H,1-2H3/t7-/m0/s1.